The van der Waals surface area contributed by atoms with Gasteiger partial charge in [-0.1, -0.05) is 18.2 Å². The largest absolute Gasteiger partial charge is 0.493 e. The lowest BCUT2D eigenvalue weighted by Gasteiger charge is -2.14. The van der Waals surface area contributed by atoms with Gasteiger partial charge in [-0.15, -0.1) is 11.8 Å². The summed E-state index contributed by atoms with van der Waals surface area (Å²) < 4.78 is 25.1. The molecule has 0 aliphatic carbocycles. The Labute approximate surface area is 235 Å². The summed E-state index contributed by atoms with van der Waals surface area (Å²) in [6.45, 7) is -0.203. The molecular formula is C27H22BrFN2O5S2. The van der Waals surface area contributed by atoms with Crippen LogP contribution in [0, 0.1) is 5.82 Å². The highest BCUT2D eigenvalue weighted by Gasteiger charge is 2.36. The maximum absolute atomic E-state index is 13.2. The number of anilines is 1. The van der Waals surface area contributed by atoms with Crippen molar-refractivity contribution in [1.82, 2.24) is 4.90 Å². The molecule has 7 nitrogen and oxygen atoms in total. The van der Waals surface area contributed by atoms with Crippen LogP contribution in [0.25, 0.3) is 6.08 Å². The van der Waals surface area contributed by atoms with E-state index in [1.54, 1.807) is 36.4 Å². The Morgan fingerprint density at radius 3 is 2.63 bits per heavy atom. The van der Waals surface area contributed by atoms with Crippen molar-refractivity contribution in [3.05, 3.63) is 87.0 Å². The van der Waals surface area contributed by atoms with E-state index in [4.69, 9.17) is 9.47 Å². The maximum atomic E-state index is 13.2. The highest BCUT2D eigenvalue weighted by Crippen LogP contribution is 2.39. The van der Waals surface area contributed by atoms with Gasteiger partial charge in [-0.3, -0.25) is 19.3 Å². The zero-order valence-corrected chi connectivity index (χ0v) is 23.5. The van der Waals surface area contributed by atoms with Crippen molar-refractivity contribution in [3.8, 4) is 11.5 Å². The summed E-state index contributed by atoms with van der Waals surface area (Å²) in [5.41, 5.74) is 1.95. The summed E-state index contributed by atoms with van der Waals surface area (Å²) in [6.07, 6.45) is 3.48. The van der Waals surface area contributed by atoms with Crippen LogP contribution in [0.15, 0.2) is 74.9 Å². The van der Waals surface area contributed by atoms with Crippen LogP contribution in [-0.2, 0) is 16.2 Å². The molecule has 38 heavy (non-hydrogen) atoms. The summed E-state index contributed by atoms with van der Waals surface area (Å²) in [4.78, 5) is 40.1. The standard InChI is InChI=1S/C27H22BrFN2O5S2/c1-35-22-11-17(10-21(28)25(22)36-15-16-6-8-18(29)9-7-16)12-23-26(33)31(27(34)38-23)14-24(32)30-19-4-3-5-20(13-19)37-2/h3-13H,14-15H2,1-2H3,(H,30,32)/b23-12+. The van der Waals surface area contributed by atoms with E-state index in [0.717, 1.165) is 27.1 Å². The summed E-state index contributed by atoms with van der Waals surface area (Å²) in [6, 6.07) is 16.6. The van der Waals surface area contributed by atoms with E-state index in [2.05, 4.69) is 21.2 Å². The summed E-state index contributed by atoms with van der Waals surface area (Å²) in [5, 5.41) is 2.19. The van der Waals surface area contributed by atoms with E-state index >= 15 is 0 Å². The van der Waals surface area contributed by atoms with Crippen LogP contribution in [-0.4, -0.2) is 41.9 Å². The molecular weight excluding hydrogens is 595 g/mol. The third-order valence-electron chi connectivity index (χ3n) is 5.37. The minimum atomic E-state index is -0.556. The predicted molar refractivity (Wildman–Crippen MR) is 151 cm³/mol. The fourth-order valence-electron chi connectivity index (χ4n) is 3.53. The van der Waals surface area contributed by atoms with E-state index in [0.29, 0.717) is 27.2 Å². The molecule has 0 spiro atoms. The molecule has 3 aromatic carbocycles. The van der Waals surface area contributed by atoms with Gasteiger partial charge in [0, 0.05) is 10.6 Å². The van der Waals surface area contributed by atoms with Crippen molar-refractivity contribution in [2.45, 2.75) is 11.5 Å². The van der Waals surface area contributed by atoms with Crippen LogP contribution in [0.3, 0.4) is 0 Å². The zero-order chi connectivity index (χ0) is 27.2. The van der Waals surface area contributed by atoms with Gasteiger partial charge in [0.15, 0.2) is 11.5 Å². The average Bonchev–Trinajstić information content (AvgIpc) is 3.15. The Balaban J connectivity index is 1.45. The van der Waals surface area contributed by atoms with Gasteiger partial charge >= 0.3 is 0 Å². The highest BCUT2D eigenvalue weighted by molar-refractivity contribution is 9.10. The number of amides is 3. The second kappa shape index (κ2) is 12.5. The quantitative estimate of drug-likeness (QED) is 0.215. The predicted octanol–water partition coefficient (Wildman–Crippen LogP) is 6.57. The Morgan fingerprint density at radius 2 is 1.92 bits per heavy atom. The molecule has 0 saturated carbocycles. The third-order valence-corrected chi connectivity index (χ3v) is 7.60. The molecule has 0 unspecified atom stereocenters. The lowest BCUT2D eigenvalue weighted by atomic mass is 10.1. The van der Waals surface area contributed by atoms with Gasteiger partial charge in [0.25, 0.3) is 11.1 Å². The molecule has 196 valence electrons. The molecule has 0 aromatic heterocycles. The maximum Gasteiger partial charge on any atom is 0.294 e. The number of ether oxygens (including phenoxy) is 2. The molecule has 0 bridgehead atoms. The number of carbonyl (C=O) groups is 3. The molecule has 0 radical (unpaired) electrons. The van der Waals surface area contributed by atoms with Crippen LogP contribution in [0.1, 0.15) is 11.1 Å². The van der Waals surface area contributed by atoms with E-state index in [1.807, 2.05) is 24.5 Å². The van der Waals surface area contributed by atoms with Crippen molar-refractivity contribution in [3.63, 3.8) is 0 Å². The molecule has 4 rings (SSSR count). The fraction of sp³-hybridized carbons (Fsp3) is 0.148. The number of hydrogen-bond acceptors (Lipinski definition) is 7. The molecule has 1 saturated heterocycles. The molecule has 1 aliphatic heterocycles. The summed E-state index contributed by atoms with van der Waals surface area (Å²) >= 11 is 5.77. The normalized spacial score (nSPS) is 14.2. The Hall–Kier alpha value is -3.28. The van der Waals surface area contributed by atoms with E-state index in [-0.39, 0.29) is 17.3 Å². The van der Waals surface area contributed by atoms with Crippen LogP contribution in [0.2, 0.25) is 0 Å². The van der Waals surface area contributed by atoms with Gasteiger partial charge < -0.3 is 14.8 Å². The number of imide groups is 1. The highest BCUT2D eigenvalue weighted by atomic mass is 79.9. The Morgan fingerprint density at radius 1 is 1.16 bits per heavy atom. The second-order valence-electron chi connectivity index (χ2n) is 8.00. The molecule has 0 atom stereocenters. The van der Waals surface area contributed by atoms with E-state index in [1.165, 1.54) is 31.0 Å². The molecule has 1 heterocycles. The smallest absolute Gasteiger partial charge is 0.294 e. The molecule has 1 N–H and O–H groups in total. The molecule has 3 amide bonds. The van der Waals surface area contributed by atoms with Crippen LogP contribution >= 0.6 is 39.5 Å². The number of hydrogen-bond donors (Lipinski definition) is 1. The van der Waals surface area contributed by atoms with Crippen LogP contribution < -0.4 is 14.8 Å². The van der Waals surface area contributed by atoms with Crippen molar-refractivity contribution in [1.29, 1.82) is 0 Å². The number of benzene rings is 3. The van der Waals surface area contributed by atoms with Gasteiger partial charge in [-0.05, 0) is 93.6 Å². The third kappa shape index (κ3) is 6.77. The second-order valence-corrected chi connectivity index (χ2v) is 10.7. The first kappa shape index (κ1) is 27.7. The van der Waals surface area contributed by atoms with E-state index < -0.39 is 23.6 Å². The first-order chi connectivity index (χ1) is 18.3. The van der Waals surface area contributed by atoms with Crippen molar-refractivity contribution in [2.75, 3.05) is 25.2 Å². The molecule has 1 fully saturated rings. The van der Waals surface area contributed by atoms with Gasteiger partial charge in [-0.2, -0.15) is 0 Å². The number of halogens is 2. The molecule has 1 aliphatic rings. The van der Waals surface area contributed by atoms with Gasteiger partial charge in [0.1, 0.15) is 19.0 Å². The Kier molecular flexibility index (Phi) is 9.13. The van der Waals surface area contributed by atoms with Crippen LogP contribution in [0.4, 0.5) is 14.9 Å². The van der Waals surface area contributed by atoms with Gasteiger partial charge in [0.05, 0.1) is 16.5 Å². The first-order valence-electron chi connectivity index (χ1n) is 11.2. The Bertz CT molecular complexity index is 1420. The monoisotopic (exact) mass is 616 g/mol. The number of carbonyl (C=O) groups excluding carboxylic acids is 3. The topological polar surface area (TPSA) is 84.9 Å². The molecule has 3 aromatic rings. The van der Waals surface area contributed by atoms with Crippen molar-refractivity contribution >= 4 is 68.3 Å². The van der Waals surface area contributed by atoms with Crippen LogP contribution in [0.5, 0.6) is 11.5 Å². The first-order valence-corrected chi connectivity index (χ1v) is 14.0. The fourth-order valence-corrected chi connectivity index (χ4v) is 5.40. The minimum absolute atomic E-state index is 0.182. The summed E-state index contributed by atoms with van der Waals surface area (Å²) in [7, 11) is 1.48. The SMILES string of the molecule is COc1cc(/C=C2/SC(=O)N(CC(=O)Nc3cccc(SC)c3)C2=O)cc(Br)c1OCc1ccc(F)cc1. The number of rotatable bonds is 9. The molecule has 11 heteroatoms. The van der Waals surface area contributed by atoms with Gasteiger partial charge in [-0.25, -0.2) is 4.39 Å². The number of methoxy groups -OCH3 is 1. The summed E-state index contributed by atoms with van der Waals surface area (Å²) in [5.74, 6) is -0.524. The zero-order valence-electron chi connectivity index (χ0n) is 20.3. The number of nitrogens with one attached hydrogen (secondary N) is 1. The number of thioether (sulfide) groups is 2. The lowest BCUT2D eigenvalue weighted by molar-refractivity contribution is -0.127. The minimum Gasteiger partial charge on any atom is -0.493 e. The van der Waals surface area contributed by atoms with E-state index in [9.17, 15) is 18.8 Å². The van der Waals surface area contributed by atoms with Crippen molar-refractivity contribution in [2.24, 2.45) is 0 Å². The average molecular weight is 618 g/mol. The lowest BCUT2D eigenvalue weighted by Crippen LogP contribution is -2.36. The number of nitrogens with zero attached hydrogens (tertiary/aromatic N) is 1. The van der Waals surface area contributed by atoms with Gasteiger partial charge in [0.2, 0.25) is 5.91 Å². The van der Waals surface area contributed by atoms with Crippen molar-refractivity contribution < 1.29 is 28.2 Å².